The Hall–Kier alpha value is -2.36. The lowest BCUT2D eigenvalue weighted by molar-refractivity contribution is -0.384. The van der Waals surface area contributed by atoms with Crippen LogP contribution in [0.15, 0.2) is 42.5 Å². The van der Waals surface area contributed by atoms with Crippen LogP contribution in [0, 0.1) is 10.1 Å². The Morgan fingerprint density at radius 3 is 2.23 bits per heavy atom. The first kappa shape index (κ1) is 16.0. The first-order chi connectivity index (χ1) is 10.2. The van der Waals surface area contributed by atoms with Gasteiger partial charge in [-0.1, -0.05) is 64.1 Å². The highest BCUT2D eigenvalue weighted by molar-refractivity contribution is 5.67. The molecule has 0 aromatic heterocycles. The van der Waals surface area contributed by atoms with Gasteiger partial charge in [-0.2, -0.15) is 0 Å². The summed E-state index contributed by atoms with van der Waals surface area (Å²) in [5.41, 5.74) is 8.99. The number of nitrogens with two attached hydrogens (primary N) is 1. The lowest BCUT2D eigenvalue weighted by atomic mass is 9.82. The van der Waals surface area contributed by atoms with E-state index in [9.17, 15) is 10.1 Å². The third kappa shape index (κ3) is 3.11. The average Bonchev–Trinajstić information content (AvgIpc) is 2.46. The van der Waals surface area contributed by atoms with E-state index in [2.05, 4.69) is 0 Å². The Kier molecular flexibility index (Phi) is 4.22. The molecule has 0 fully saturated rings. The highest BCUT2D eigenvalue weighted by Gasteiger charge is 2.25. The molecular formula is C18H22N2O2. The predicted octanol–water partition coefficient (Wildman–Crippen LogP) is 4.63. The number of anilines is 1. The Labute approximate surface area is 131 Å². The minimum Gasteiger partial charge on any atom is -0.393 e. The van der Waals surface area contributed by atoms with E-state index in [-0.39, 0.29) is 22.7 Å². The summed E-state index contributed by atoms with van der Waals surface area (Å²) in [5.74, 6) is 0.00204. The van der Waals surface area contributed by atoms with Crippen molar-refractivity contribution in [3.8, 4) is 0 Å². The van der Waals surface area contributed by atoms with E-state index >= 15 is 0 Å². The standard InChI is InChI=1S/C18H22N2O2/c1-12(13-8-6-5-7-9-13)15-10-14(18(2,3)4)11-16(17(15)19)20(21)22/h5-12H,19H2,1-4H3. The maximum Gasteiger partial charge on any atom is 0.292 e. The number of hydrogen-bond donors (Lipinski definition) is 1. The van der Waals surface area contributed by atoms with Gasteiger partial charge in [0.05, 0.1) is 4.92 Å². The SMILES string of the molecule is CC(c1ccccc1)c1cc(C(C)(C)C)cc([N+](=O)[O-])c1N. The van der Waals surface area contributed by atoms with Crippen molar-refractivity contribution >= 4 is 11.4 Å². The fourth-order valence-electron chi connectivity index (χ4n) is 2.52. The van der Waals surface area contributed by atoms with Gasteiger partial charge < -0.3 is 5.73 Å². The maximum atomic E-state index is 11.3. The third-order valence-corrected chi connectivity index (χ3v) is 4.02. The van der Waals surface area contributed by atoms with Gasteiger partial charge in [0.15, 0.2) is 0 Å². The Balaban J connectivity index is 2.64. The molecule has 2 rings (SSSR count). The molecule has 0 saturated heterocycles. The molecule has 0 aliphatic rings. The summed E-state index contributed by atoms with van der Waals surface area (Å²) in [7, 11) is 0. The number of nitrogen functional groups attached to an aromatic ring is 1. The molecule has 0 aliphatic carbocycles. The molecule has 4 heteroatoms. The predicted molar refractivity (Wildman–Crippen MR) is 90.2 cm³/mol. The molecule has 0 bridgehead atoms. The molecular weight excluding hydrogens is 276 g/mol. The van der Waals surface area contributed by atoms with Gasteiger partial charge in [-0.05, 0) is 22.1 Å². The maximum absolute atomic E-state index is 11.3. The summed E-state index contributed by atoms with van der Waals surface area (Å²) < 4.78 is 0. The fraction of sp³-hybridized carbons (Fsp3) is 0.333. The van der Waals surface area contributed by atoms with E-state index in [0.29, 0.717) is 0 Å². The zero-order valence-electron chi connectivity index (χ0n) is 13.5. The van der Waals surface area contributed by atoms with E-state index < -0.39 is 4.92 Å². The zero-order valence-corrected chi connectivity index (χ0v) is 13.5. The summed E-state index contributed by atoms with van der Waals surface area (Å²) >= 11 is 0. The smallest absolute Gasteiger partial charge is 0.292 e. The largest absolute Gasteiger partial charge is 0.393 e. The average molecular weight is 298 g/mol. The van der Waals surface area contributed by atoms with E-state index in [0.717, 1.165) is 16.7 Å². The first-order valence-electron chi connectivity index (χ1n) is 7.35. The van der Waals surface area contributed by atoms with Crippen LogP contribution in [0.1, 0.15) is 50.3 Å². The second-order valence-corrected chi connectivity index (χ2v) is 6.64. The van der Waals surface area contributed by atoms with Crippen LogP contribution in [0.4, 0.5) is 11.4 Å². The topological polar surface area (TPSA) is 69.2 Å². The molecule has 2 aromatic carbocycles. The third-order valence-electron chi connectivity index (χ3n) is 4.02. The van der Waals surface area contributed by atoms with E-state index in [4.69, 9.17) is 5.73 Å². The molecule has 1 unspecified atom stereocenters. The number of benzene rings is 2. The normalized spacial score (nSPS) is 12.9. The molecule has 1 atom stereocenters. The summed E-state index contributed by atoms with van der Waals surface area (Å²) in [5, 5.41) is 11.3. The van der Waals surface area contributed by atoms with Crippen molar-refractivity contribution in [2.24, 2.45) is 0 Å². The quantitative estimate of drug-likeness (QED) is 0.510. The minimum absolute atomic E-state index is 0.00204. The zero-order chi connectivity index (χ0) is 16.5. The second kappa shape index (κ2) is 5.79. The van der Waals surface area contributed by atoms with Crippen molar-refractivity contribution in [3.63, 3.8) is 0 Å². The fourth-order valence-corrected chi connectivity index (χ4v) is 2.52. The molecule has 0 saturated carbocycles. The van der Waals surface area contributed by atoms with Crippen molar-refractivity contribution < 1.29 is 4.92 Å². The van der Waals surface area contributed by atoms with Crippen molar-refractivity contribution in [3.05, 3.63) is 69.3 Å². The van der Waals surface area contributed by atoms with Gasteiger partial charge in [-0.25, -0.2) is 0 Å². The van der Waals surface area contributed by atoms with Crippen LogP contribution < -0.4 is 5.73 Å². The van der Waals surface area contributed by atoms with Gasteiger partial charge in [0.1, 0.15) is 5.69 Å². The molecule has 116 valence electrons. The number of nitro groups is 1. The summed E-state index contributed by atoms with van der Waals surface area (Å²) in [6.07, 6.45) is 0. The van der Waals surface area contributed by atoms with Gasteiger partial charge in [0, 0.05) is 12.0 Å². The highest BCUT2D eigenvalue weighted by atomic mass is 16.6. The van der Waals surface area contributed by atoms with Crippen LogP contribution in [-0.2, 0) is 5.41 Å². The van der Waals surface area contributed by atoms with Gasteiger partial charge in [-0.3, -0.25) is 10.1 Å². The molecule has 22 heavy (non-hydrogen) atoms. The van der Waals surface area contributed by atoms with E-state index in [1.54, 1.807) is 6.07 Å². The van der Waals surface area contributed by atoms with Gasteiger partial charge in [0.25, 0.3) is 5.69 Å². The van der Waals surface area contributed by atoms with Crippen LogP contribution in [0.2, 0.25) is 0 Å². The molecule has 2 aromatic rings. The molecule has 0 spiro atoms. The van der Waals surface area contributed by atoms with E-state index in [1.807, 2.05) is 64.1 Å². The van der Waals surface area contributed by atoms with Crippen LogP contribution in [-0.4, -0.2) is 4.92 Å². The molecule has 0 aliphatic heterocycles. The Morgan fingerprint density at radius 1 is 1.14 bits per heavy atom. The lowest BCUT2D eigenvalue weighted by Gasteiger charge is -2.23. The van der Waals surface area contributed by atoms with Crippen molar-refractivity contribution in [1.82, 2.24) is 0 Å². The second-order valence-electron chi connectivity index (χ2n) is 6.64. The lowest BCUT2D eigenvalue weighted by Crippen LogP contribution is -2.14. The summed E-state index contributed by atoms with van der Waals surface area (Å²) in [6.45, 7) is 8.15. The minimum atomic E-state index is -0.397. The summed E-state index contributed by atoms with van der Waals surface area (Å²) in [6, 6.07) is 13.5. The molecule has 4 nitrogen and oxygen atoms in total. The van der Waals surface area contributed by atoms with Gasteiger partial charge >= 0.3 is 0 Å². The van der Waals surface area contributed by atoms with Crippen LogP contribution in [0.25, 0.3) is 0 Å². The Morgan fingerprint density at radius 2 is 1.73 bits per heavy atom. The Bertz CT molecular complexity index is 688. The number of rotatable bonds is 3. The van der Waals surface area contributed by atoms with Gasteiger partial charge in [0.2, 0.25) is 0 Å². The van der Waals surface area contributed by atoms with Gasteiger partial charge in [-0.15, -0.1) is 0 Å². The number of nitrogens with zero attached hydrogens (tertiary/aromatic N) is 1. The van der Waals surface area contributed by atoms with E-state index in [1.165, 1.54) is 0 Å². The monoisotopic (exact) mass is 298 g/mol. The molecule has 0 radical (unpaired) electrons. The van der Waals surface area contributed by atoms with Crippen molar-refractivity contribution in [1.29, 1.82) is 0 Å². The summed E-state index contributed by atoms with van der Waals surface area (Å²) in [4.78, 5) is 10.9. The van der Waals surface area contributed by atoms with Crippen LogP contribution in [0.3, 0.4) is 0 Å². The number of nitro benzene ring substituents is 1. The van der Waals surface area contributed by atoms with Crippen molar-refractivity contribution in [2.45, 2.75) is 39.0 Å². The van der Waals surface area contributed by atoms with Crippen LogP contribution in [0.5, 0.6) is 0 Å². The highest BCUT2D eigenvalue weighted by Crippen LogP contribution is 2.38. The molecule has 0 heterocycles. The molecule has 2 N–H and O–H groups in total. The molecule has 0 amide bonds. The number of hydrogen-bond acceptors (Lipinski definition) is 3. The van der Waals surface area contributed by atoms with Crippen LogP contribution >= 0.6 is 0 Å². The van der Waals surface area contributed by atoms with Crippen molar-refractivity contribution in [2.75, 3.05) is 5.73 Å². The first-order valence-corrected chi connectivity index (χ1v) is 7.35.